The van der Waals surface area contributed by atoms with E-state index in [4.69, 9.17) is 4.74 Å². The van der Waals surface area contributed by atoms with E-state index in [-0.39, 0.29) is 12.0 Å². The summed E-state index contributed by atoms with van der Waals surface area (Å²) in [4.78, 5) is 12.8. The highest BCUT2D eigenvalue weighted by atomic mass is 32.2. The molecule has 1 N–H and O–H groups in total. The van der Waals surface area contributed by atoms with Crippen molar-refractivity contribution in [3.05, 3.63) is 30.3 Å². The van der Waals surface area contributed by atoms with E-state index in [9.17, 15) is 18.7 Å². The predicted octanol–water partition coefficient (Wildman–Crippen LogP) is 4.93. The molecule has 172 valence electrons. The summed E-state index contributed by atoms with van der Waals surface area (Å²) in [5.74, 6) is 1.56. The number of hydrogen-bond acceptors (Lipinski definition) is 4. The summed E-state index contributed by atoms with van der Waals surface area (Å²) in [6, 6.07) is 11.0. The Morgan fingerprint density at radius 2 is 1.77 bits per heavy atom. The molecule has 0 radical (unpaired) electrons. The highest BCUT2D eigenvalue weighted by Crippen LogP contribution is 2.61. The highest BCUT2D eigenvalue weighted by molar-refractivity contribution is 8.05. The lowest BCUT2D eigenvalue weighted by Gasteiger charge is -2.59. The fraction of sp³-hybridized carbons (Fsp3) is 0.708. The van der Waals surface area contributed by atoms with Gasteiger partial charge < -0.3 is 9.84 Å². The Morgan fingerprint density at radius 3 is 2.32 bits per heavy atom. The molecule has 0 amide bonds. The summed E-state index contributed by atoms with van der Waals surface area (Å²) in [7, 11) is 0.571. The monoisotopic (exact) mass is 471 g/mol. The van der Waals surface area contributed by atoms with Crippen LogP contribution in [0.5, 0.6) is 0 Å². The van der Waals surface area contributed by atoms with Crippen LogP contribution < -0.4 is 0 Å². The molecule has 6 rings (SSSR count). The highest BCUT2D eigenvalue weighted by Gasteiger charge is 2.57. The van der Waals surface area contributed by atoms with Crippen molar-refractivity contribution in [3.63, 3.8) is 0 Å². The molecule has 0 spiro atoms. The predicted molar refractivity (Wildman–Crippen MR) is 123 cm³/mol. The molecule has 2 atom stereocenters. The van der Waals surface area contributed by atoms with Crippen molar-refractivity contribution in [2.75, 3.05) is 29.6 Å². The van der Waals surface area contributed by atoms with Crippen LogP contribution in [0.2, 0.25) is 0 Å². The van der Waals surface area contributed by atoms with Gasteiger partial charge in [0.15, 0.2) is 4.90 Å². The van der Waals surface area contributed by atoms with E-state index in [1.54, 1.807) is 4.90 Å². The molecule has 1 aromatic carbocycles. The van der Waals surface area contributed by atoms with Gasteiger partial charge in [-0.1, -0.05) is 18.2 Å². The molecule has 3 nitrogen and oxygen atoms in total. The molecule has 31 heavy (non-hydrogen) atoms. The Kier molecular flexibility index (Phi) is 6.95. The van der Waals surface area contributed by atoms with Gasteiger partial charge in [0.1, 0.15) is 11.5 Å². The molecular weight excluding hydrogens is 438 g/mol. The van der Waals surface area contributed by atoms with E-state index >= 15 is 0 Å². The number of benzene rings is 1. The molecule has 5 aliphatic rings. The number of halogens is 2. The second-order valence-electron chi connectivity index (χ2n) is 9.98. The first kappa shape index (κ1) is 23.4. The van der Waals surface area contributed by atoms with E-state index in [0.29, 0.717) is 36.1 Å². The molecule has 2 unspecified atom stereocenters. The molecule has 4 aliphatic carbocycles. The van der Waals surface area contributed by atoms with Crippen LogP contribution in [0.3, 0.4) is 0 Å². The standard InChI is InChI=1S/C14H20F2O3.C10H13S2/c1-12(15,16)11(17)19-8-13-3-9-2-10(4-13)6-14(18,5-9)7-13;1-2-4-10(5-3-1)12-8-6-11-7-9-12/h9-10,18H,2-8H2,1H3;1-5H,6-9H2/q;+1. The average Bonchev–Trinajstić information content (AvgIpc) is 2.71. The molecule has 0 aromatic heterocycles. The zero-order valence-corrected chi connectivity index (χ0v) is 19.8. The molecule has 7 heteroatoms. The minimum Gasteiger partial charge on any atom is -0.461 e. The van der Waals surface area contributed by atoms with Crippen LogP contribution in [0.4, 0.5) is 8.78 Å². The van der Waals surface area contributed by atoms with Gasteiger partial charge in [0, 0.05) is 34.7 Å². The van der Waals surface area contributed by atoms with Gasteiger partial charge in [-0.05, 0) is 62.5 Å². The number of esters is 1. The van der Waals surface area contributed by atoms with Gasteiger partial charge in [0.2, 0.25) is 0 Å². The number of hydrogen-bond donors (Lipinski definition) is 1. The normalized spacial score (nSPS) is 34.7. The summed E-state index contributed by atoms with van der Waals surface area (Å²) in [5, 5.41) is 10.5. The second kappa shape index (κ2) is 9.22. The third-order valence-corrected chi connectivity index (χ3v) is 10.9. The SMILES string of the molecule is CC(F)(F)C(=O)OCC12CC3CC(CC(O)(C3)C1)C2.c1ccc([S+]2CCSCC2)cc1. The lowest BCUT2D eigenvalue weighted by Crippen LogP contribution is -2.57. The van der Waals surface area contributed by atoms with E-state index in [1.165, 1.54) is 23.0 Å². The summed E-state index contributed by atoms with van der Waals surface area (Å²) in [6.07, 6.45) is 5.16. The number of carbonyl (C=O) groups is 1. The van der Waals surface area contributed by atoms with Crippen molar-refractivity contribution in [3.8, 4) is 0 Å². The van der Waals surface area contributed by atoms with Gasteiger partial charge in [-0.3, -0.25) is 0 Å². The van der Waals surface area contributed by atoms with Crippen LogP contribution >= 0.6 is 11.8 Å². The largest absolute Gasteiger partial charge is 0.461 e. The minimum atomic E-state index is -3.43. The fourth-order valence-corrected chi connectivity index (χ4v) is 10.3. The average molecular weight is 472 g/mol. The zero-order chi connectivity index (χ0) is 22.1. The van der Waals surface area contributed by atoms with Gasteiger partial charge in [-0.2, -0.15) is 20.5 Å². The maximum atomic E-state index is 12.8. The van der Waals surface area contributed by atoms with E-state index in [0.717, 1.165) is 32.1 Å². The van der Waals surface area contributed by atoms with Crippen LogP contribution in [0.1, 0.15) is 45.4 Å². The number of ether oxygens (including phenoxy) is 1. The Hall–Kier alpha value is -0.790. The quantitative estimate of drug-likeness (QED) is 0.500. The third kappa shape index (κ3) is 5.77. The molecule has 4 bridgehead atoms. The van der Waals surface area contributed by atoms with E-state index < -0.39 is 17.5 Å². The summed E-state index contributed by atoms with van der Waals surface area (Å²) in [6.45, 7) is 0.590. The van der Waals surface area contributed by atoms with Gasteiger partial charge in [-0.15, -0.1) is 0 Å². The zero-order valence-electron chi connectivity index (χ0n) is 18.2. The first-order valence-electron chi connectivity index (χ1n) is 11.2. The Balaban J connectivity index is 0.000000166. The fourth-order valence-electron chi connectivity index (χ4n) is 6.29. The maximum absolute atomic E-state index is 12.8. The lowest BCUT2D eigenvalue weighted by atomic mass is 9.48. The molecule has 1 aromatic rings. The minimum absolute atomic E-state index is 0.0323. The molecule has 1 saturated heterocycles. The number of thioether (sulfide) groups is 1. The Morgan fingerprint density at radius 1 is 1.16 bits per heavy atom. The van der Waals surface area contributed by atoms with Crippen LogP contribution in [0.25, 0.3) is 0 Å². The van der Waals surface area contributed by atoms with Gasteiger partial charge in [0.25, 0.3) is 0 Å². The Labute approximate surface area is 191 Å². The van der Waals surface area contributed by atoms with Crippen LogP contribution in [0.15, 0.2) is 35.2 Å². The molecule has 5 fully saturated rings. The van der Waals surface area contributed by atoms with Crippen molar-refractivity contribution >= 4 is 28.6 Å². The van der Waals surface area contributed by atoms with Gasteiger partial charge in [-0.25, -0.2) is 4.79 Å². The van der Waals surface area contributed by atoms with Crippen molar-refractivity contribution in [2.24, 2.45) is 17.3 Å². The molecular formula is C24H33F2O3S2+. The lowest BCUT2D eigenvalue weighted by molar-refractivity contribution is -0.197. The number of carbonyl (C=O) groups excluding carboxylic acids is 1. The van der Waals surface area contributed by atoms with Gasteiger partial charge in [0.05, 0.1) is 12.2 Å². The summed E-state index contributed by atoms with van der Waals surface area (Å²) >= 11 is 2.10. The number of alkyl halides is 2. The topological polar surface area (TPSA) is 46.5 Å². The smallest absolute Gasteiger partial charge is 0.376 e. The van der Waals surface area contributed by atoms with Crippen LogP contribution in [-0.4, -0.2) is 52.2 Å². The van der Waals surface area contributed by atoms with E-state index in [1.807, 2.05) is 0 Å². The maximum Gasteiger partial charge on any atom is 0.376 e. The Bertz CT molecular complexity index is 748. The summed E-state index contributed by atoms with van der Waals surface area (Å²) in [5.41, 5.74) is -0.912. The van der Waals surface area contributed by atoms with Crippen molar-refractivity contribution in [1.29, 1.82) is 0 Å². The van der Waals surface area contributed by atoms with E-state index in [2.05, 4.69) is 42.1 Å². The molecule has 4 saturated carbocycles. The van der Waals surface area contributed by atoms with Crippen LogP contribution in [0, 0.1) is 17.3 Å². The van der Waals surface area contributed by atoms with Crippen molar-refractivity contribution < 1.29 is 23.4 Å². The van der Waals surface area contributed by atoms with Crippen LogP contribution in [-0.2, 0) is 20.4 Å². The number of rotatable bonds is 4. The first-order chi connectivity index (χ1) is 14.7. The number of aliphatic hydroxyl groups is 1. The molecule has 1 heterocycles. The summed E-state index contributed by atoms with van der Waals surface area (Å²) < 4.78 is 30.5. The van der Waals surface area contributed by atoms with Gasteiger partial charge >= 0.3 is 11.9 Å². The van der Waals surface area contributed by atoms with Crippen molar-refractivity contribution in [1.82, 2.24) is 0 Å². The molecule has 1 aliphatic heterocycles. The van der Waals surface area contributed by atoms with Crippen molar-refractivity contribution in [2.45, 2.75) is 61.9 Å². The first-order valence-corrected chi connectivity index (χ1v) is 14.0. The second-order valence-corrected chi connectivity index (χ2v) is 13.5. The third-order valence-electron chi connectivity index (χ3n) is 7.04.